The third kappa shape index (κ3) is 2.70. The summed E-state index contributed by atoms with van der Waals surface area (Å²) in [5, 5.41) is 2.89. The van der Waals surface area contributed by atoms with Gasteiger partial charge in [-0.2, -0.15) is 0 Å². The zero-order chi connectivity index (χ0) is 16.3. The second kappa shape index (κ2) is 6.20. The van der Waals surface area contributed by atoms with Gasteiger partial charge in [0.15, 0.2) is 0 Å². The molecule has 2 heterocycles. The minimum Gasteiger partial charge on any atom is -0.319 e. The minimum atomic E-state index is -0.948. The van der Waals surface area contributed by atoms with E-state index >= 15 is 0 Å². The molecule has 1 atom stereocenters. The van der Waals surface area contributed by atoms with Crippen molar-refractivity contribution >= 4 is 11.9 Å². The third-order valence-electron chi connectivity index (χ3n) is 4.35. The van der Waals surface area contributed by atoms with E-state index in [1.165, 1.54) is 4.90 Å². The largest absolute Gasteiger partial charge is 0.325 e. The molecule has 5 nitrogen and oxygen atoms in total. The average Bonchev–Trinajstić information content (AvgIpc) is 2.86. The van der Waals surface area contributed by atoms with Crippen LogP contribution in [0, 0.1) is 0 Å². The van der Waals surface area contributed by atoms with Gasteiger partial charge in [-0.25, -0.2) is 4.79 Å². The molecule has 1 N–H and O–H groups in total. The Balaban J connectivity index is 1.81. The van der Waals surface area contributed by atoms with Crippen LogP contribution in [0.4, 0.5) is 4.79 Å². The van der Waals surface area contributed by atoms with Crippen molar-refractivity contribution in [2.24, 2.45) is 0 Å². The van der Waals surface area contributed by atoms with E-state index in [1.54, 1.807) is 12.4 Å². The van der Waals surface area contributed by atoms with Gasteiger partial charge in [-0.1, -0.05) is 37.3 Å². The van der Waals surface area contributed by atoms with Gasteiger partial charge in [0.1, 0.15) is 5.54 Å². The summed E-state index contributed by atoms with van der Waals surface area (Å²) in [5.74, 6) is -0.176. The van der Waals surface area contributed by atoms with Gasteiger partial charge in [0.2, 0.25) is 0 Å². The molecule has 1 aromatic carbocycles. The van der Waals surface area contributed by atoms with E-state index in [9.17, 15) is 9.59 Å². The third-order valence-corrected chi connectivity index (χ3v) is 4.35. The van der Waals surface area contributed by atoms with E-state index < -0.39 is 5.54 Å². The lowest BCUT2D eigenvalue weighted by Gasteiger charge is -2.25. The molecule has 3 amide bonds. The molecule has 0 spiro atoms. The normalized spacial score (nSPS) is 20.7. The number of amides is 3. The van der Waals surface area contributed by atoms with Gasteiger partial charge >= 0.3 is 6.03 Å². The van der Waals surface area contributed by atoms with E-state index in [2.05, 4.69) is 10.3 Å². The Bertz CT molecular complexity index is 703. The number of nitrogens with one attached hydrogen (secondary N) is 1. The van der Waals surface area contributed by atoms with Crippen LogP contribution in [0.15, 0.2) is 54.9 Å². The number of imide groups is 1. The van der Waals surface area contributed by atoms with Crippen LogP contribution >= 0.6 is 0 Å². The molecule has 1 aromatic heterocycles. The van der Waals surface area contributed by atoms with Crippen molar-refractivity contribution in [2.75, 3.05) is 6.54 Å². The molecule has 0 saturated carbocycles. The van der Waals surface area contributed by atoms with Crippen LogP contribution < -0.4 is 5.32 Å². The SMILES string of the molecule is CC[C@]1(c2ccccc2)NC(=O)N(CCc2ccncc2)C1=O. The fourth-order valence-corrected chi connectivity index (χ4v) is 2.98. The summed E-state index contributed by atoms with van der Waals surface area (Å²) in [5.41, 5.74) is 0.929. The quantitative estimate of drug-likeness (QED) is 0.863. The topological polar surface area (TPSA) is 62.3 Å². The van der Waals surface area contributed by atoms with Gasteiger partial charge in [-0.05, 0) is 36.1 Å². The molecule has 5 heteroatoms. The van der Waals surface area contributed by atoms with Gasteiger partial charge < -0.3 is 5.32 Å². The van der Waals surface area contributed by atoms with Crippen LogP contribution in [-0.2, 0) is 16.8 Å². The number of carbonyl (C=O) groups excluding carboxylic acids is 2. The number of benzene rings is 1. The molecule has 1 saturated heterocycles. The van der Waals surface area contributed by atoms with Crippen molar-refractivity contribution in [2.45, 2.75) is 25.3 Å². The molecular weight excluding hydrogens is 290 g/mol. The highest BCUT2D eigenvalue weighted by atomic mass is 16.2. The van der Waals surface area contributed by atoms with Gasteiger partial charge in [-0.15, -0.1) is 0 Å². The Morgan fingerprint density at radius 2 is 1.78 bits per heavy atom. The maximum absolute atomic E-state index is 12.9. The van der Waals surface area contributed by atoms with Crippen molar-refractivity contribution in [3.05, 3.63) is 66.0 Å². The summed E-state index contributed by atoms with van der Waals surface area (Å²) in [6.45, 7) is 2.28. The van der Waals surface area contributed by atoms with E-state index in [0.717, 1.165) is 11.1 Å². The Hall–Kier alpha value is -2.69. The first-order chi connectivity index (χ1) is 11.2. The van der Waals surface area contributed by atoms with Crippen molar-refractivity contribution < 1.29 is 9.59 Å². The predicted octanol–water partition coefficient (Wildman–Crippen LogP) is 2.48. The van der Waals surface area contributed by atoms with Crippen molar-refractivity contribution in [3.63, 3.8) is 0 Å². The fraction of sp³-hybridized carbons (Fsp3) is 0.278. The zero-order valence-corrected chi connectivity index (χ0v) is 13.0. The van der Waals surface area contributed by atoms with Crippen LogP contribution in [0.3, 0.4) is 0 Å². The molecule has 0 bridgehead atoms. The summed E-state index contributed by atoms with van der Waals surface area (Å²) in [7, 11) is 0. The molecule has 0 unspecified atom stereocenters. The summed E-state index contributed by atoms with van der Waals surface area (Å²) in [4.78, 5) is 30.5. The van der Waals surface area contributed by atoms with Gasteiger partial charge in [0.05, 0.1) is 0 Å². The molecule has 118 valence electrons. The lowest BCUT2D eigenvalue weighted by molar-refractivity contribution is -0.131. The number of hydrogen-bond acceptors (Lipinski definition) is 3. The lowest BCUT2D eigenvalue weighted by Crippen LogP contribution is -2.43. The number of nitrogens with zero attached hydrogens (tertiary/aromatic N) is 2. The Kier molecular flexibility index (Phi) is 4.10. The maximum Gasteiger partial charge on any atom is 0.325 e. The van der Waals surface area contributed by atoms with Crippen LogP contribution in [0.1, 0.15) is 24.5 Å². The molecule has 2 aromatic rings. The van der Waals surface area contributed by atoms with Crippen LogP contribution in [0.2, 0.25) is 0 Å². The highest BCUT2D eigenvalue weighted by Gasteiger charge is 2.50. The smallest absolute Gasteiger partial charge is 0.319 e. The molecular formula is C18H19N3O2. The van der Waals surface area contributed by atoms with E-state index in [-0.39, 0.29) is 11.9 Å². The monoisotopic (exact) mass is 309 g/mol. The number of hydrogen-bond donors (Lipinski definition) is 1. The maximum atomic E-state index is 12.9. The van der Waals surface area contributed by atoms with Crippen molar-refractivity contribution in [3.8, 4) is 0 Å². The van der Waals surface area contributed by atoms with Crippen molar-refractivity contribution in [1.82, 2.24) is 15.2 Å². The minimum absolute atomic E-state index is 0.176. The van der Waals surface area contributed by atoms with E-state index in [0.29, 0.717) is 19.4 Å². The number of aromatic nitrogens is 1. The summed E-state index contributed by atoms with van der Waals surface area (Å²) >= 11 is 0. The molecule has 1 aliphatic rings. The Morgan fingerprint density at radius 1 is 1.09 bits per heavy atom. The van der Waals surface area contributed by atoms with Gasteiger partial charge in [0, 0.05) is 18.9 Å². The highest BCUT2D eigenvalue weighted by molar-refractivity contribution is 6.07. The van der Waals surface area contributed by atoms with E-state index in [4.69, 9.17) is 0 Å². The van der Waals surface area contributed by atoms with Gasteiger partial charge in [-0.3, -0.25) is 14.7 Å². The zero-order valence-electron chi connectivity index (χ0n) is 13.0. The summed E-state index contributed by atoms with van der Waals surface area (Å²) < 4.78 is 0. The first-order valence-electron chi connectivity index (χ1n) is 7.76. The summed E-state index contributed by atoms with van der Waals surface area (Å²) in [6.07, 6.45) is 4.56. The number of urea groups is 1. The number of rotatable bonds is 5. The molecule has 1 fully saturated rings. The molecule has 0 aliphatic carbocycles. The second-order valence-electron chi connectivity index (χ2n) is 5.62. The fourth-order valence-electron chi connectivity index (χ4n) is 2.98. The first-order valence-corrected chi connectivity index (χ1v) is 7.76. The standard InChI is InChI=1S/C18H19N3O2/c1-2-18(15-6-4-3-5-7-15)16(22)21(17(23)20-18)13-10-14-8-11-19-12-9-14/h3-9,11-12H,2,10,13H2,1H3,(H,20,23)/t18-/m1/s1. The first kappa shape index (κ1) is 15.2. The molecule has 23 heavy (non-hydrogen) atoms. The number of carbonyl (C=O) groups is 2. The van der Waals surface area contributed by atoms with Crippen molar-refractivity contribution in [1.29, 1.82) is 0 Å². The molecule has 3 rings (SSSR count). The van der Waals surface area contributed by atoms with Gasteiger partial charge in [0.25, 0.3) is 5.91 Å². The predicted molar refractivity (Wildman–Crippen MR) is 86.6 cm³/mol. The van der Waals surface area contributed by atoms with E-state index in [1.807, 2.05) is 49.4 Å². The lowest BCUT2D eigenvalue weighted by atomic mass is 9.87. The Morgan fingerprint density at radius 3 is 2.43 bits per heavy atom. The Labute approximate surface area is 135 Å². The average molecular weight is 309 g/mol. The summed E-state index contributed by atoms with van der Waals surface area (Å²) in [6, 6.07) is 12.9. The molecule has 0 radical (unpaired) electrons. The molecule has 1 aliphatic heterocycles. The number of pyridine rings is 1. The second-order valence-corrected chi connectivity index (χ2v) is 5.62. The highest BCUT2D eigenvalue weighted by Crippen LogP contribution is 2.32. The van der Waals surface area contributed by atoms with Crippen LogP contribution in [-0.4, -0.2) is 28.4 Å². The van der Waals surface area contributed by atoms with Crippen LogP contribution in [0.25, 0.3) is 0 Å². The van der Waals surface area contributed by atoms with Crippen LogP contribution in [0.5, 0.6) is 0 Å².